The molecule has 1 heterocycles. The van der Waals surface area contributed by atoms with E-state index >= 15 is 0 Å². The third kappa shape index (κ3) is 3.23. The number of carbonyl (C=O) groups excluding carboxylic acids is 3. The predicted molar refractivity (Wildman–Crippen MR) is 105 cm³/mol. The van der Waals surface area contributed by atoms with Crippen molar-refractivity contribution in [2.45, 2.75) is 44.1 Å². The number of amides is 4. The molecular weight excluding hydrogens is 356 g/mol. The van der Waals surface area contributed by atoms with Gasteiger partial charge in [-0.3, -0.25) is 14.9 Å². The molecule has 28 heavy (non-hydrogen) atoms. The topological polar surface area (TPSA) is 90.5 Å². The molecule has 5 aliphatic rings. The van der Waals surface area contributed by atoms with Crippen molar-refractivity contribution >= 4 is 29.2 Å². The fourth-order valence-corrected chi connectivity index (χ4v) is 6.22. The highest BCUT2D eigenvalue weighted by atomic mass is 16.2. The van der Waals surface area contributed by atoms with E-state index in [0.29, 0.717) is 0 Å². The zero-order valence-corrected chi connectivity index (χ0v) is 15.9. The summed E-state index contributed by atoms with van der Waals surface area (Å²) in [6, 6.07) is 7.26. The molecule has 4 saturated carbocycles. The van der Waals surface area contributed by atoms with Crippen LogP contribution in [0.3, 0.4) is 0 Å². The molecule has 0 atom stereocenters. The minimum atomic E-state index is -0.514. The molecule has 4 amide bonds. The average Bonchev–Trinajstić information content (AvgIpc) is 2.92. The molecule has 148 valence electrons. The van der Waals surface area contributed by atoms with E-state index in [-0.39, 0.29) is 30.4 Å². The smallest absolute Gasteiger partial charge is 0.325 e. The number of nitrogens with zero attached hydrogens (tertiary/aromatic N) is 1. The van der Waals surface area contributed by atoms with E-state index in [9.17, 15) is 14.4 Å². The number of anilines is 2. The van der Waals surface area contributed by atoms with E-state index in [2.05, 4.69) is 16.0 Å². The van der Waals surface area contributed by atoms with Crippen LogP contribution in [0.4, 0.5) is 16.2 Å². The lowest BCUT2D eigenvalue weighted by molar-refractivity contribution is -0.119. The summed E-state index contributed by atoms with van der Waals surface area (Å²) in [5, 5.41) is 8.92. The van der Waals surface area contributed by atoms with Crippen LogP contribution in [0.1, 0.15) is 38.5 Å². The molecule has 6 rings (SSSR count). The maximum atomic E-state index is 12.5. The number of nitrogens with one attached hydrogen (secondary N) is 3. The SMILES string of the molecule is O=C1CN(CC(=O)Nc2ccccc2NC23CC4CC(CC(C4)C2)C3)C(=O)N1. The summed E-state index contributed by atoms with van der Waals surface area (Å²) < 4.78 is 0. The quantitative estimate of drug-likeness (QED) is 0.683. The van der Waals surface area contributed by atoms with Gasteiger partial charge in [-0.15, -0.1) is 0 Å². The Kier molecular flexibility index (Phi) is 4.07. The van der Waals surface area contributed by atoms with Crippen LogP contribution in [0.2, 0.25) is 0 Å². The summed E-state index contributed by atoms with van der Waals surface area (Å²) in [5.74, 6) is 1.84. The maximum Gasteiger partial charge on any atom is 0.325 e. The number of rotatable bonds is 5. The minimum absolute atomic E-state index is 0.0700. The molecule has 1 aromatic carbocycles. The van der Waals surface area contributed by atoms with Gasteiger partial charge in [0, 0.05) is 5.54 Å². The monoisotopic (exact) mass is 382 g/mol. The molecule has 7 nitrogen and oxygen atoms in total. The summed E-state index contributed by atoms with van der Waals surface area (Å²) in [6.07, 6.45) is 7.81. The van der Waals surface area contributed by atoms with Crippen LogP contribution in [-0.2, 0) is 9.59 Å². The Bertz CT molecular complexity index is 801. The first-order valence-corrected chi connectivity index (χ1v) is 10.2. The molecule has 4 aliphatic carbocycles. The first kappa shape index (κ1) is 17.5. The average molecular weight is 382 g/mol. The fraction of sp³-hybridized carbons (Fsp3) is 0.571. The van der Waals surface area contributed by atoms with Gasteiger partial charge in [-0.1, -0.05) is 12.1 Å². The molecule has 3 N–H and O–H groups in total. The van der Waals surface area contributed by atoms with E-state index in [1.165, 1.54) is 43.4 Å². The maximum absolute atomic E-state index is 12.5. The van der Waals surface area contributed by atoms with Crippen molar-refractivity contribution in [2.75, 3.05) is 23.7 Å². The van der Waals surface area contributed by atoms with Gasteiger partial charge in [0.15, 0.2) is 0 Å². The van der Waals surface area contributed by atoms with E-state index in [0.717, 1.165) is 29.1 Å². The molecule has 1 aromatic rings. The molecule has 7 heteroatoms. The number of hydrogen-bond donors (Lipinski definition) is 3. The van der Waals surface area contributed by atoms with E-state index in [1.807, 2.05) is 24.3 Å². The Morgan fingerprint density at radius 3 is 2.21 bits per heavy atom. The van der Waals surface area contributed by atoms with Gasteiger partial charge in [-0.05, 0) is 68.4 Å². The predicted octanol–water partition coefficient (Wildman–Crippen LogP) is 2.56. The van der Waals surface area contributed by atoms with Crippen LogP contribution in [0.5, 0.6) is 0 Å². The normalized spacial score (nSPS) is 33.1. The summed E-state index contributed by atoms with van der Waals surface area (Å²) in [4.78, 5) is 36.6. The van der Waals surface area contributed by atoms with Crippen molar-refractivity contribution in [1.29, 1.82) is 0 Å². The Morgan fingerprint density at radius 2 is 1.64 bits per heavy atom. The van der Waals surface area contributed by atoms with Crippen molar-refractivity contribution in [1.82, 2.24) is 10.2 Å². The number of urea groups is 1. The number of hydrogen-bond acceptors (Lipinski definition) is 4. The van der Waals surface area contributed by atoms with Crippen molar-refractivity contribution < 1.29 is 14.4 Å². The summed E-state index contributed by atoms with van der Waals surface area (Å²) >= 11 is 0. The minimum Gasteiger partial charge on any atom is -0.378 e. The van der Waals surface area contributed by atoms with Crippen LogP contribution in [-0.4, -0.2) is 41.4 Å². The van der Waals surface area contributed by atoms with Crippen molar-refractivity contribution in [3.05, 3.63) is 24.3 Å². The third-order valence-electron chi connectivity index (χ3n) is 6.84. The van der Waals surface area contributed by atoms with Gasteiger partial charge < -0.3 is 15.5 Å². The second-order valence-corrected chi connectivity index (χ2v) is 9.13. The highest BCUT2D eigenvalue weighted by molar-refractivity contribution is 6.04. The van der Waals surface area contributed by atoms with Crippen LogP contribution in [0, 0.1) is 17.8 Å². The van der Waals surface area contributed by atoms with E-state index < -0.39 is 6.03 Å². The summed E-state index contributed by atoms with van der Waals surface area (Å²) in [5.41, 5.74) is 1.82. The van der Waals surface area contributed by atoms with Gasteiger partial charge in [-0.25, -0.2) is 4.79 Å². The van der Waals surface area contributed by atoms with Gasteiger partial charge in [0.25, 0.3) is 0 Å². The molecule has 4 bridgehead atoms. The molecular formula is C21H26N4O3. The first-order valence-electron chi connectivity index (χ1n) is 10.2. The second-order valence-electron chi connectivity index (χ2n) is 9.13. The van der Waals surface area contributed by atoms with Gasteiger partial charge in [0.1, 0.15) is 13.1 Å². The van der Waals surface area contributed by atoms with Gasteiger partial charge in [-0.2, -0.15) is 0 Å². The number of carbonyl (C=O) groups is 3. The Balaban J connectivity index is 1.29. The lowest BCUT2D eigenvalue weighted by Crippen LogP contribution is -2.54. The molecule has 1 saturated heterocycles. The zero-order chi connectivity index (χ0) is 19.3. The molecule has 0 aromatic heterocycles. The van der Waals surface area contributed by atoms with Crippen molar-refractivity contribution in [3.63, 3.8) is 0 Å². The fourth-order valence-electron chi connectivity index (χ4n) is 6.22. The number of imide groups is 1. The lowest BCUT2D eigenvalue weighted by Gasteiger charge is -2.57. The molecule has 5 fully saturated rings. The Hall–Kier alpha value is -2.57. The van der Waals surface area contributed by atoms with Crippen LogP contribution in [0.25, 0.3) is 0 Å². The van der Waals surface area contributed by atoms with E-state index in [1.54, 1.807) is 0 Å². The highest BCUT2D eigenvalue weighted by Gasteiger charge is 2.51. The molecule has 0 radical (unpaired) electrons. The van der Waals surface area contributed by atoms with Crippen LogP contribution < -0.4 is 16.0 Å². The van der Waals surface area contributed by atoms with Gasteiger partial charge in [0.05, 0.1) is 11.4 Å². The summed E-state index contributed by atoms with van der Waals surface area (Å²) in [6.45, 7) is -0.206. The van der Waals surface area contributed by atoms with Gasteiger partial charge in [0.2, 0.25) is 11.8 Å². The largest absolute Gasteiger partial charge is 0.378 e. The van der Waals surface area contributed by atoms with Crippen LogP contribution >= 0.6 is 0 Å². The third-order valence-corrected chi connectivity index (χ3v) is 6.84. The van der Waals surface area contributed by atoms with Crippen LogP contribution in [0.15, 0.2) is 24.3 Å². The Labute approximate surface area is 164 Å². The number of para-hydroxylation sites is 2. The highest BCUT2D eigenvalue weighted by Crippen LogP contribution is 2.56. The van der Waals surface area contributed by atoms with Gasteiger partial charge >= 0.3 is 6.03 Å². The zero-order valence-electron chi connectivity index (χ0n) is 15.9. The lowest BCUT2D eigenvalue weighted by atomic mass is 9.53. The van der Waals surface area contributed by atoms with E-state index in [4.69, 9.17) is 0 Å². The Morgan fingerprint density at radius 1 is 1.04 bits per heavy atom. The standard InChI is InChI=1S/C21H26N4O3/c26-18(11-25-12-19(27)23-20(25)28)22-16-3-1-2-4-17(16)24-21-8-13-5-14(9-21)7-15(6-13)10-21/h1-4,13-15,24H,5-12H2,(H,22,26)(H,23,27,28). The molecule has 0 spiro atoms. The van der Waals surface area contributed by atoms with Crippen molar-refractivity contribution in [3.8, 4) is 0 Å². The first-order chi connectivity index (χ1) is 13.5. The van der Waals surface area contributed by atoms with Crippen molar-refractivity contribution in [2.24, 2.45) is 17.8 Å². The number of benzene rings is 1. The second kappa shape index (κ2) is 6.50. The summed E-state index contributed by atoms with van der Waals surface area (Å²) in [7, 11) is 0. The molecule has 1 aliphatic heterocycles. The molecule has 0 unspecified atom stereocenters.